The maximum Gasteiger partial charge on any atom is 0.223 e. The summed E-state index contributed by atoms with van der Waals surface area (Å²) < 4.78 is 0. The van der Waals surface area contributed by atoms with Crippen molar-refractivity contribution in [2.24, 2.45) is 28.6 Å². The van der Waals surface area contributed by atoms with E-state index >= 15 is 0 Å². The van der Waals surface area contributed by atoms with Crippen molar-refractivity contribution in [3.63, 3.8) is 0 Å². The molecule has 94 valence electrons. The highest BCUT2D eigenvalue weighted by molar-refractivity contribution is 5.90. The minimum Gasteiger partial charge on any atom is -0.409 e. The summed E-state index contributed by atoms with van der Waals surface area (Å²) in [6.45, 7) is 9.64. The third-order valence-electron chi connectivity index (χ3n) is 2.81. The molecule has 0 fully saturated rings. The van der Waals surface area contributed by atoms with Gasteiger partial charge in [0.05, 0.1) is 6.04 Å². The molecular weight excluding hydrogens is 206 g/mol. The van der Waals surface area contributed by atoms with Gasteiger partial charge in [-0.3, -0.25) is 4.79 Å². The number of nitrogens with one attached hydrogen (secondary N) is 1. The van der Waals surface area contributed by atoms with Gasteiger partial charge in [-0.15, -0.1) is 0 Å². The molecule has 2 unspecified atom stereocenters. The van der Waals surface area contributed by atoms with Crippen molar-refractivity contribution in [1.29, 1.82) is 0 Å². The van der Waals surface area contributed by atoms with Gasteiger partial charge >= 0.3 is 0 Å². The van der Waals surface area contributed by atoms with Gasteiger partial charge in [0.15, 0.2) is 5.84 Å². The van der Waals surface area contributed by atoms with Crippen LogP contribution in [-0.4, -0.2) is 23.0 Å². The number of carbonyl (C=O) groups excluding carboxylic acids is 1. The number of rotatable bonds is 5. The standard InChI is InChI=1S/C11H23N3O2/c1-6(2)8(5)11(15)13-9(7(3)4)10(12)14-16/h6-9,16H,1-5H3,(H2,12,14)(H,13,15). The molecule has 0 aromatic rings. The molecule has 0 aliphatic heterocycles. The maximum absolute atomic E-state index is 11.8. The topological polar surface area (TPSA) is 87.7 Å². The first kappa shape index (κ1) is 14.7. The van der Waals surface area contributed by atoms with Gasteiger partial charge in [0.1, 0.15) is 0 Å². The second-order valence-electron chi connectivity index (χ2n) is 4.79. The predicted octanol–water partition coefficient (Wildman–Crippen LogP) is 1.17. The molecule has 0 radical (unpaired) electrons. The van der Waals surface area contributed by atoms with Gasteiger partial charge in [-0.1, -0.05) is 39.8 Å². The van der Waals surface area contributed by atoms with Crippen molar-refractivity contribution in [3.8, 4) is 0 Å². The van der Waals surface area contributed by atoms with Crippen LogP contribution in [0.2, 0.25) is 0 Å². The number of hydrogen-bond acceptors (Lipinski definition) is 3. The minimum atomic E-state index is -0.418. The monoisotopic (exact) mass is 229 g/mol. The second-order valence-corrected chi connectivity index (χ2v) is 4.79. The van der Waals surface area contributed by atoms with Gasteiger partial charge in [0.25, 0.3) is 0 Å². The summed E-state index contributed by atoms with van der Waals surface area (Å²) in [6, 6.07) is -0.418. The van der Waals surface area contributed by atoms with Crippen LogP contribution in [0, 0.1) is 17.8 Å². The van der Waals surface area contributed by atoms with E-state index in [0.717, 1.165) is 0 Å². The lowest BCUT2D eigenvalue weighted by atomic mass is 9.95. The van der Waals surface area contributed by atoms with E-state index in [2.05, 4.69) is 10.5 Å². The molecule has 5 heteroatoms. The van der Waals surface area contributed by atoms with Gasteiger partial charge in [-0.05, 0) is 11.8 Å². The molecule has 5 nitrogen and oxygen atoms in total. The summed E-state index contributed by atoms with van der Waals surface area (Å²) in [6.07, 6.45) is 0. The van der Waals surface area contributed by atoms with Crippen LogP contribution in [0.4, 0.5) is 0 Å². The van der Waals surface area contributed by atoms with Gasteiger partial charge in [-0.2, -0.15) is 0 Å². The molecule has 16 heavy (non-hydrogen) atoms. The Kier molecular flexibility index (Phi) is 5.85. The van der Waals surface area contributed by atoms with Gasteiger partial charge in [0, 0.05) is 5.92 Å². The summed E-state index contributed by atoms with van der Waals surface area (Å²) >= 11 is 0. The number of amides is 1. The highest BCUT2D eigenvalue weighted by Crippen LogP contribution is 2.11. The molecule has 0 heterocycles. The molecule has 4 N–H and O–H groups in total. The number of hydrogen-bond donors (Lipinski definition) is 3. The molecule has 0 spiro atoms. The summed E-state index contributed by atoms with van der Waals surface area (Å²) in [5, 5.41) is 14.4. The van der Waals surface area contributed by atoms with Crippen LogP contribution < -0.4 is 11.1 Å². The lowest BCUT2D eigenvalue weighted by molar-refractivity contribution is -0.126. The van der Waals surface area contributed by atoms with E-state index in [-0.39, 0.29) is 29.5 Å². The van der Waals surface area contributed by atoms with Crippen molar-refractivity contribution in [2.45, 2.75) is 40.7 Å². The van der Waals surface area contributed by atoms with Gasteiger partial charge in [0.2, 0.25) is 5.91 Å². The number of amidine groups is 1. The zero-order valence-corrected chi connectivity index (χ0v) is 10.7. The molecule has 1 amide bonds. The van der Waals surface area contributed by atoms with E-state index < -0.39 is 6.04 Å². The molecule has 0 bridgehead atoms. The van der Waals surface area contributed by atoms with Crippen molar-refractivity contribution in [3.05, 3.63) is 0 Å². The quantitative estimate of drug-likeness (QED) is 0.286. The zero-order chi connectivity index (χ0) is 12.9. The first-order valence-electron chi connectivity index (χ1n) is 5.59. The number of oxime groups is 1. The average Bonchev–Trinajstić information content (AvgIpc) is 2.22. The summed E-state index contributed by atoms with van der Waals surface area (Å²) in [7, 11) is 0. The van der Waals surface area contributed by atoms with Crippen LogP contribution in [0.25, 0.3) is 0 Å². The predicted molar refractivity (Wildman–Crippen MR) is 64.2 cm³/mol. The van der Waals surface area contributed by atoms with Crippen LogP contribution in [0.15, 0.2) is 5.16 Å². The number of nitrogens with two attached hydrogens (primary N) is 1. The smallest absolute Gasteiger partial charge is 0.223 e. The molecule has 0 saturated heterocycles. The van der Waals surface area contributed by atoms with Crippen LogP contribution in [0.1, 0.15) is 34.6 Å². The Morgan fingerprint density at radius 2 is 1.69 bits per heavy atom. The van der Waals surface area contributed by atoms with Crippen LogP contribution in [-0.2, 0) is 4.79 Å². The summed E-state index contributed by atoms with van der Waals surface area (Å²) in [5.74, 6) is 0.228. The Bertz CT molecular complexity index is 262. The largest absolute Gasteiger partial charge is 0.409 e. The van der Waals surface area contributed by atoms with Crippen molar-refractivity contribution in [1.82, 2.24) is 5.32 Å². The van der Waals surface area contributed by atoms with E-state index in [9.17, 15) is 4.79 Å². The third kappa shape index (κ3) is 4.08. The zero-order valence-electron chi connectivity index (χ0n) is 10.7. The molecule has 0 aromatic heterocycles. The molecular formula is C11H23N3O2. The Labute approximate surface area is 97.1 Å². The van der Waals surface area contributed by atoms with Crippen LogP contribution in [0.3, 0.4) is 0 Å². The average molecular weight is 229 g/mol. The molecule has 0 saturated carbocycles. The van der Waals surface area contributed by atoms with Crippen molar-refractivity contribution < 1.29 is 10.0 Å². The molecule has 0 aliphatic rings. The number of carbonyl (C=O) groups is 1. The minimum absolute atomic E-state index is 0.0410. The van der Waals surface area contributed by atoms with Gasteiger partial charge < -0.3 is 16.3 Å². The Morgan fingerprint density at radius 1 is 1.19 bits per heavy atom. The Hall–Kier alpha value is -1.26. The first-order chi connectivity index (χ1) is 7.31. The summed E-state index contributed by atoms with van der Waals surface area (Å²) in [5.41, 5.74) is 5.53. The molecule has 0 aromatic carbocycles. The fourth-order valence-electron chi connectivity index (χ4n) is 1.23. The fraction of sp³-hybridized carbons (Fsp3) is 0.818. The van der Waals surface area contributed by atoms with E-state index in [1.807, 2.05) is 34.6 Å². The van der Waals surface area contributed by atoms with E-state index in [1.165, 1.54) is 0 Å². The number of nitrogens with zero attached hydrogens (tertiary/aromatic N) is 1. The highest BCUT2D eigenvalue weighted by atomic mass is 16.4. The van der Waals surface area contributed by atoms with E-state index in [4.69, 9.17) is 10.9 Å². The third-order valence-corrected chi connectivity index (χ3v) is 2.81. The Balaban J connectivity index is 4.59. The normalized spacial score (nSPS) is 16.3. The molecule has 0 aliphatic carbocycles. The van der Waals surface area contributed by atoms with Crippen LogP contribution in [0.5, 0.6) is 0 Å². The maximum atomic E-state index is 11.8. The highest BCUT2D eigenvalue weighted by Gasteiger charge is 2.24. The fourth-order valence-corrected chi connectivity index (χ4v) is 1.23. The lowest BCUT2D eigenvalue weighted by Gasteiger charge is -2.24. The SMILES string of the molecule is CC(C)C(C)C(=O)NC(C(N)=NO)C(C)C. The van der Waals surface area contributed by atoms with Gasteiger partial charge in [-0.25, -0.2) is 0 Å². The van der Waals surface area contributed by atoms with E-state index in [0.29, 0.717) is 0 Å². The van der Waals surface area contributed by atoms with Crippen molar-refractivity contribution in [2.75, 3.05) is 0 Å². The molecule has 0 rings (SSSR count). The molecule has 2 atom stereocenters. The van der Waals surface area contributed by atoms with Crippen molar-refractivity contribution >= 4 is 11.7 Å². The first-order valence-corrected chi connectivity index (χ1v) is 5.59. The van der Waals surface area contributed by atoms with E-state index in [1.54, 1.807) is 0 Å². The Morgan fingerprint density at radius 3 is 2.00 bits per heavy atom. The van der Waals surface area contributed by atoms with Crippen LogP contribution >= 0.6 is 0 Å². The second kappa shape index (κ2) is 6.35. The lowest BCUT2D eigenvalue weighted by Crippen LogP contribution is -2.49. The summed E-state index contributed by atoms with van der Waals surface area (Å²) in [4.78, 5) is 11.8.